The second kappa shape index (κ2) is 5.60. The molecule has 4 rings (SSSR count). The van der Waals surface area contributed by atoms with E-state index in [1.165, 1.54) is 4.31 Å². The third-order valence-corrected chi connectivity index (χ3v) is 6.28. The Kier molecular flexibility index (Phi) is 3.53. The Morgan fingerprint density at radius 2 is 1.92 bits per heavy atom. The summed E-state index contributed by atoms with van der Waals surface area (Å²) in [7, 11) is -3.65. The molecule has 3 aromatic rings. The number of fused-ring (bicyclic) bond motifs is 2. The van der Waals surface area contributed by atoms with E-state index in [1.807, 2.05) is 49.4 Å². The summed E-state index contributed by atoms with van der Waals surface area (Å²) in [5.74, 6) is 0. The van der Waals surface area contributed by atoms with Crippen molar-refractivity contribution in [2.45, 2.75) is 24.7 Å². The third-order valence-electron chi connectivity index (χ3n) is 4.45. The zero-order valence-electron chi connectivity index (χ0n) is 13.4. The van der Waals surface area contributed by atoms with Crippen molar-refractivity contribution in [2.24, 2.45) is 0 Å². The van der Waals surface area contributed by atoms with Gasteiger partial charge in [-0.2, -0.15) is 0 Å². The van der Waals surface area contributed by atoms with Crippen molar-refractivity contribution >= 4 is 26.6 Å². The van der Waals surface area contributed by atoms with Crippen molar-refractivity contribution in [3.05, 3.63) is 65.9 Å². The molecule has 0 saturated heterocycles. The number of rotatable bonds is 2. The average molecular weight is 338 g/mol. The van der Waals surface area contributed by atoms with Gasteiger partial charge in [0, 0.05) is 18.1 Å². The molecule has 0 atom stereocenters. The van der Waals surface area contributed by atoms with Gasteiger partial charge in [0.05, 0.1) is 11.2 Å². The van der Waals surface area contributed by atoms with Crippen LogP contribution in [0.25, 0.3) is 10.9 Å². The van der Waals surface area contributed by atoms with Crippen LogP contribution in [0, 0.1) is 6.92 Å². The molecule has 0 unspecified atom stereocenters. The van der Waals surface area contributed by atoms with Gasteiger partial charge >= 0.3 is 0 Å². The number of para-hydroxylation sites is 1. The lowest BCUT2D eigenvalue weighted by atomic mass is 10.0. The van der Waals surface area contributed by atoms with Crippen LogP contribution in [0.2, 0.25) is 0 Å². The summed E-state index contributed by atoms with van der Waals surface area (Å²) < 4.78 is 28.3. The lowest BCUT2D eigenvalue weighted by Gasteiger charge is -2.30. The molecule has 122 valence electrons. The van der Waals surface area contributed by atoms with Gasteiger partial charge in [0.1, 0.15) is 4.90 Å². The molecule has 2 aromatic carbocycles. The van der Waals surface area contributed by atoms with Gasteiger partial charge in [0.2, 0.25) is 0 Å². The minimum atomic E-state index is -3.65. The molecule has 4 nitrogen and oxygen atoms in total. The normalized spacial score (nSPS) is 14.6. The van der Waals surface area contributed by atoms with Crippen molar-refractivity contribution in [3.8, 4) is 0 Å². The van der Waals surface area contributed by atoms with Crippen LogP contribution in [-0.4, -0.2) is 19.9 Å². The Bertz CT molecular complexity index is 1030. The molecule has 0 saturated carbocycles. The van der Waals surface area contributed by atoms with E-state index in [0.29, 0.717) is 12.1 Å². The maximum absolute atomic E-state index is 13.4. The molecule has 0 bridgehead atoms. The molecule has 0 amide bonds. The fraction of sp³-hybridized carbons (Fsp3) is 0.211. The first-order chi connectivity index (χ1) is 11.6. The number of aromatic nitrogens is 1. The summed E-state index contributed by atoms with van der Waals surface area (Å²) in [4.78, 5) is 4.62. The Hall–Kier alpha value is -2.40. The third kappa shape index (κ3) is 2.36. The first-order valence-corrected chi connectivity index (χ1v) is 9.47. The molecule has 0 radical (unpaired) electrons. The molecular formula is C19H18N2O2S. The SMILES string of the molecule is Cc1cc(S(=O)(=O)N2CCCc3ccccc32)c2ncccc2c1. The van der Waals surface area contributed by atoms with Gasteiger partial charge in [0.15, 0.2) is 0 Å². The highest BCUT2D eigenvalue weighted by atomic mass is 32.2. The first kappa shape index (κ1) is 15.1. The van der Waals surface area contributed by atoms with E-state index in [1.54, 1.807) is 12.3 Å². The van der Waals surface area contributed by atoms with Crippen molar-refractivity contribution in [2.75, 3.05) is 10.8 Å². The summed E-state index contributed by atoms with van der Waals surface area (Å²) in [6, 6.07) is 15.2. The monoisotopic (exact) mass is 338 g/mol. The largest absolute Gasteiger partial charge is 0.266 e. The summed E-state index contributed by atoms with van der Waals surface area (Å²) in [5, 5.41) is 0.848. The molecule has 5 heteroatoms. The number of pyridine rings is 1. The smallest absolute Gasteiger partial charge is 0.266 e. The summed E-state index contributed by atoms with van der Waals surface area (Å²) >= 11 is 0. The van der Waals surface area contributed by atoms with Crippen LogP contribution in [0.3, 0.4) is 0 Å². The molecule has 0 N–H and O–H groups in total. The number of sulfonamides is 1. The van der Waals surface area contributed by atoms with E-state index < -0.39 is 10.0 Å². The molecule has 24 heavy (non-hydrogen) atoms. The highest BCUT2D eigenvalue weighted by Gasteiger charge is 2.30. The zero-order valence-corrected chi connectivity index (χ0v) is 14.3. The number of hydrogen-bond acceptors (Lipinski definition) is 3. The number of benzene rings is 2. The van der Waals surface area contributed by atoms with Gasteiger partial charge in [-0.05, 0) is 55.2 Å². The van der Waals surface area contributed by atoms with E-state index in [9.17, 15) is 8.42 Å². The van der Waals surface area contributed by atoms with Crippen LogP contribution < -0.4 is 4.31 Å². The van der Waals surface area contributed by atoms with E-state index >= 15 is 0 Å². The number of anilines is 1. The Balaban J connectivity index is 1.94. The first-order valence-electron chi connectivity index (χ1n) is 8.03. The molecule has 1 aromatic heterocycles. The van der Waals surface area contributed by atoms with Crippen LogP contribution in [0.1, 0.15) is 17.5 Å². The highest BCUT2D eigenvalue weighted by Crippen LogP contribution is 2.34. The van der Waals surface area contributed by atoms with Crippen LogP contribution >= 0.6 is 0 Å². The molecule has 0 fully saturated rings. The minimum absolute atomic E-state index is 0.287. The van der Waals surface area contributed by atoms with Gasteiger partial charge in [-0.1, -0.05) is 24.3 Å². The Morgan fingerprint density at radius 1 is 1.08 bits per heavy atom. The highest BCUT2D eigenvalue weighted by molar-refractivity contribution is 7.93. The molecule has 1 aliphatic heterocycles. The van der Waals surface area contributed by atoms with Crippen LogP contribution in [-0.2, 0) is 16.4 Å². The van der Waals surface area contributed by atoms with Crippen molar-refractivity contribution < 1.29 is 8.42 Å². The van der Waals surface area contributed by atoms with Gasteiger partial charge < -0.3 is 0 Å². The number of hydrogen-bond donors (Lipinski definition) is 0. The van der Waals surface area contributed by atoms with Crippen molar-refractivity contribution in [1.82, 2.24) is 4.98 Å². The Morgan fingerprint density at radius 3 is 2.79 bits per heavy atom. The van der Waals surface area contributed by atoms with Gasteiger partial charge in [-0.15, -0.1) is 0 Å². The van der Waals surface area contributed by atoms with Crippen molar-refractivity contribution in [1.29, 1.82) is 0 Å². The lowest BCUT2D eigenvalue weighted by molar-refractivity contribution is 0.587. The van der Waals surface area contributed by atoms with Gasteiger partial charge in [-0.25, -0.2) is 8.42 Å². The average Bonchev–Trinajstić information content (AvgIpc) is 2.60. The summed E-state index contributed by atoms with van der Waals surface area (Å²) in [5.41, 5.74) is 3.32. The molecule has 0 aliphatic carbocycles. The fourth-order valence-corrected chi connectivity index (χ4v) is 5.16. The topological polar surface area (TPSA) is 50.3 Å². The van der Waals surface area contributed by atoms with Crippen LogP contribution in [0.15, 0.2) is 59.6 Å². The molecular weight excluding hydrogens is 320 g/mol. The van der Waals surface area contributed by atoms with Crippen LogP contribution in [0.5, 0.6) is 0 Å². The predicted octanol–water partition coefficient (Wildman–Crippen LogP) is 3.68. The minimum Gasteiger partial charge on any atom is -0.266 e. The van der Waals surface area contributed by atoms with Crippen molar-refractivity contribution in [3.63, 3.8) is 0 Å². The number of nitrogens with zero attached hydrogens (tertiary/aromatic N) is 2. The number of aryl methyl sites for hydroxylation is 2. The predicted molar refractivity (Wildman–Crippen MR) is 95.8 cm³/mol. The fourth-order valence-electron chi connectivity index (χ4n) is 3.37. The molecule has 2 heterocycles. The molecule has 0 spiro atoms. The van der Waals surface area contributed by atoms with E-state index in [0.717, 1.165) is 35.0 Å². The summed E-state index contributed by atoms with van der Waals surface area (Å²) in [6.45, 7) is 2.41. The maximum atomic E-state index is 13.4. The zero-order chi connectivity index (χ0) is 16.7. The van der Waals surface area contributed by atoms with Gasteiger partial charge in [-0.3, -0.25) is 9.29 Å². The van der Waals surface area contributed by atoms with E-state index in [2.05, 4.69) is 4.98 Å². The van der Waals surface area contributed by atoms with Gasteiger partial charge in [0.25, 0.3) is 10.0 Å². The summed E-state index contributed by atoms with van der Waals surface area (Å²) in [6.07, 6.45) is 3.38. The second-order valence-electron chi connectivity index (χ2n) is 6.15. The molecule has 1 aliphatic rings. The Labute approximate surface area is 141 Å². The van der Waals surface area contributed by atoms with E-state index in [4.69, 9.17) is 0 Å². The lowest BCUT2D eigenvalue weighted by Crippen LogP contribution is -2.35. The standard InChI is InChI=1S/C19H18N2O2S/c1-14-12-16-7-4-10-20-19(16)18(13-14)24(22,23)21-11-5-8-15-6-2-3-9-17(15)21/h2-4,6-7,9-10,12-13H,5,8,11H2,1H3. The quantitative estimate of drug-likeness (QED) is 0.716. The second-order valence-corrected chi connectivity index (χ2v) is 7.98. The van der Waals surface area contributed by atoms with E-state index in [-0.39, 0.29) is 4.90 Å². The maximum Gasteiger partial charge on any atom is 0.266 e. The van der Waals surface area contributed by atoms with Crippen LogP contribution in [0.4, 0.5) is 5.69 Å².